The molecule has 0 saturated heterocycles. The van der Waals surface area contributed by atoms with E-state index in [1.165, 1.54) is 10.9 Å². The summed E-state index contributed by atoms with van der Waals surface area (Å²) in [6.07, 6.45) is 5.57. The average molecular weight is 486 g/mol. The first-order valence-electron chi connectivity index (χ1n) is 11.4. The van der Waals surface area contributed by atoms with Crippen molar-refractivity contribution in [1.29, 1.82) is 0 Å². The Morgan fingerprint density at radius 1 is 1.06 bits per heavy atom. The lowest BCUT2D eigenvalue weighted by atomic mass is 9.95. The van der Waals surface area contributed by atoms with Gasteiger partial charge in [-0.3, -0.25) is 14.9 Å². The largest absolute Gasteiger partial charge is 0.455 e. The van der Waals surface area contributed by atoms with Crippen LogP contribution in [0.25, 0.3) is 11.3 Å². The number of nitrogens with zero attached hydrogens (tertiary/aromatic N) is 2. The lowest BCUT2D eigenvalue weighted by molar-refractivity contribution is -0.384. The number of benzene rings is 2. The van der Waals surface area contributed by atoms with Crippen LogP contribution < -0.4 is 5.32 Å². The lowest BCUT2D eigenvalue weighted by Gasteiger charge is -2.12. The first-order chi connectivity index (χ1) is 17.1. The van der Waals surface area contributed by atoms with Gasteiger partial charge in [-0.25, -0.2) is 4.99 Å². The first-order valence-corrected chi connectivity index (χ1v) is 12.3. The summed E-state index contributed by atoms with van der Waals surface area (Å²) in [6, 6.07) is 19.7. The van der Waals surface area contributed by atoms with Gasteiger partial charge in [0.2, 0.25) is 0 Å². The number of nitrogens with one attached hydrogen (secondary N) is 1. The predicted octanol–water partition coefficient (Wildman–Crippen LogP) is 6.48. The van der Waals surface area contributed by atoms with Crippen molar-refractivity contribution in [3.8, 4) is 11.3 Å². The molecule has 1 aliphatic rings. The molecule has 0 unspecified atom stereocenters. The molecular weight excluding hydrogens is 462 g/mol. The highest BCUT2D eigenvalue weighted by Crippen LogP contribution is 2.40. The third-order valence-electron chi connectivity index (χ3n) is 5.98. The molecule has 1 aliphatic carbocycles. The highest BCUT2D eigenvalue weighted by molar-refractivity contribution is 7.16. The van der Waals surface area contributed by atoms with Gasteiger partial charge >= 0.3 is 0 Å². The van der Waals surface area contributed by atoms with Gasteiger partial charge in [0, 0.05) is 17.5 Å². The normalized spacial score (nSPS) is 13.0. The molecule has 1 amide bonds. The number of carbonyl (C=O) groups is 1. The Balaban J connectivity index is 1.41. The Morgan fingerprint density at radius 3 is 2.66 bits per heavy atom. The number of aryl methyl sites for hydroxylation is 1. The minimum Gasteiger partial charge on any atom is -0.455 e. The van der Waals surface area contributed by atoms with E-state index < -0.39 is 4.92 Å². The molecule has 0 saturated carbocycles. The van der Waals surface area contributed by atoms with Gasteiger partial charge in [-0.1, -0.05) is 42.5 Å². The molecule has 2 heterocycles. The van der Waals surface area contributed by atoms with Gasteiger partial charge in [0.15, 0.2) is 0 Å². The van der Waals surface area contributed by atoms with Gasteiger partial charge in [0.25, 0.3) is 11.6 Å². The average Bonchev–Trinajstić information content (AvgIpc) is 3.51. The van der Waals surface area contributed by atoms with Crippen LogP contribution >= 0.6 is 11.3 Å². The second kappa shape index (κ2) is 10.1. The smallest absolute Gasteiger partial charge is 0.280 e. The summed E-state index contributed by atoms with van der Waals surface area (Å²) in [7, 11) is 0. The van der Waals surface area contributed by atoms with Gasteiger partial charge in [0.1, 0.15) is 16.5 Å². The highest BCUT2D eigenvalue weighted by Gasteiger charge is 2.25. The van der Waals surface area contributed by atoms with Crippen LogP contribution in [0.5, 0.6) is 0 Å². The predicted molar refractivity (Wildman–Crippen MR) is 137 cm³/mol. The maximum atomic E-state index is 13.2. The molecular formula is C27H23N3O4S. The van der Waals surface area contributed by atoms with E-state index in [2.05, 4.69) is 10.3 Å². The van der Waals surface area contributed by atoms with E-state index in [1.54, 1.807) is 47.9 Å². The molecule has 35 heavy (non-hydrogen) atoms. The molecule has 2 aromatic carbocycles. The Morgan fingerprint density at radius 2 is 1.83 bits per heavy atom. The van der Waals surface area contributed by atoms with Crippen LogP contribution in [0.3, 0.4) is 0 Å². The second-order valence-electron chi connectivity index (χ2n) is 8.29. The van der Waals surface area contributed by atoms with Gasteiger partial charge in [-0.05, 0) is 55.0 Å². The summed E-state index contributed by atoms with van der Waals surface area (Å²) in [6.45, 7) is 0.449. The standard InChI is InChI=1S/C27H23N3O4S/c31-26(28-16-18-8-2-1-3-9-18)25-21-11-5-7-13-24(21)35-27(25)29-17-19-14-15-23(34-19)20-10-4-6-12-22(20)30(32)33/h1-4,6,8-10,12,14-15,17H,5,7,11,13,16H2,(H,28,31)/b29-17-. The van der Waals surface area contributed by atoms with Crippen molar-refractivity contribution < 1.29 is 14.1 Å². The number of nitro groups is 1. The molecule has 0 bridgehead atoms. The summed E-state index contributed by atoms with van der Waals surface area (Å²) in [5.74, 6) is 0.727. The molecule has 2 aromatic heterocycles. The number of carbonyl (C=O) groups excluding carboxylic acids is 1. The van der Waals surface area contributed by atoms with Crippen molar-refractivity contribution in [1.82, 2.24) is 5.32 Å². The quantitative estimate of drug-likeness (QED) is 0.184. The molecule has 0 fully saturated rings. The van der Waals surface area contributed by atoms with E-state index in [1.807, 2.05) is 30.3 Å². The number of nitro benzene ring substituents is 1. The van der Waals surface area contributed by atoms with E-state index in [4.69, 9.17) is 4.42 Å². The molecule has 0 aliphatic heterocycles. The van der Waals surface area contributed by atoms with Gasteiger partial charge in [-0.2, -0.15) is 0 Å². The van der Waals surface area contributed by atoms with E-state index in [-0.39, 0.29) is 11.6 Å². The van der Waals surface area contributed by atoms with Crippen molar-refractivity contribution in [2.45, 2.75) is 32.2 Å². The molecule has 5 rings (SSSR count). The number of furan rings is 1. The van der Waals surface area contributed by atoms with E-state index >= 15 is 0 Å². The minimum atomic E-state index is -0.428. The first kappa shape index (κ1) is 22.7. The number of amides is 1. The third-order valence-corrected chi connectivity index (χ3v) is 7.18. The summed E-state index contributed by atoms with van der Waals surface area (Å²) in [5, 5.41) is 15.1. The fourth-order valence-corrected chi connectivity index (χ4v) is 5.50. The van der Waals surface area contributed by atoms with Gasteiger partial charge < -0.3 is 9.73 Å². The maximum absolute atomic E-state index is 13.2. The van der Waals surface area contributed by atoms with Crippen molar-refractivity contribution in [2.75, 3.05) is 0 Å². The van der Waals surface area contributed by atoms with Crippen molar-refractivity contribution in [3.63, 3.8) is 0 Å². The monoisotopic (exact) mass is 485 g/mol. The van der Waals surface area contributed by atoms with Crippen LogP contribution in [0.1, 0.15) is 45.0 Å². The van der Waals surface area contributed by atoms with Crippen molar-refractivity contribution >= 4 is 34.1 Å². The number of rotatable bonds is 7. The Kier molecular flexibility index (Phi) is 6.54. The van der Waals surface area contributed by atoms with E-state index in [0.717, 1.165) is 36.8 Å². The molecule has 8 heteroatoms. The number of hydrogen-bond donors (Lipinski definition) is 1. The zero-order valence-corrected chi connectivity index (χ0v) is 19.7. The van der Waals surface area contributed by atoms with E-state index in [0.29, 0.717) is 34.2 Å². The number of thiophene rings is 1. The third kappa shape index (κ3) is 4.93. The summed E-state index contributed by atoms with van der Waals surface area (Å²) >= 11 is 1.55. The minimum absolute atomic E-state index is 0.0198. The number of fused-ring (bicyclic) bond motifs is 1. The highest BCUT2D eigenvalue weighted by atomic mass is 32.1. The Labute approximate surface area is 206 Å². The molecule has 7 nitrogen and oxygen atoms in total. The van der Waals surface area contributed by atoms with Crippen molar-refractivity contribution in [2.24, 2.45) is 4.99 Å². The summed E-state index contributed by atoms with van der Waals surface area (Å²) in [5.41, 5.74) is 3.16. The zero-order valence-electron chi connectivity index (χ0n) is 18.9. The SMILES string of the molecule is O=C(NCc1ccccc1)c1c(/N=C\c2ccc(-c3ccccc3[N+](=O)[O-])o2)sc2c1CCCC2. The van der Waals surface area contributed by atoms with Gasteiger partial charge in [-0.15, -0.1) is 11.3 Å². The van der Waals surface area contributed by atoms with Gasteiger partial charge in [0.05, 0.1) is 22.3 Å². The van der Waals surface area contributed by atoms with Crippen LogP contribution in [0.2, 0.25) is 0 Å². The topological polar surface area (TPSA) is 97.7 Å². The number of hydrogen-bond acceptors (Lipinski definition) is 6. The molecule has 176 valence electrons. The fourth-order valence-electron chi connectivity index (χ4n) is 4.27. The Hall–Kier alpha value is -4.04. The fraction of sp³-hybridized carbons (Fsp3) is 0.185. The summed E-state index contributed by atoms with van der Waals surface area (Å²) in [4.78, 5) is 30.0. The van der Waals surface area contributed by atoms with Crippen LogP contribution in [0.4, 0.5) is 10.7 Å². The van der Waals surface area contributed by atoms with E-state index in [9.17, 15) is 14.9 Å². The lowest BCUT2D eigenvalue weighted by Crippen LogP contribution is -2.24. The number of aliphatic imine (C=N–C) groups is 1. The zero-order chi connectivity index (χ0) is 24.2. The molecule has 1 N–H and O–H groups in total. The maximum Gasteiger partial charge on any atom is 0.280 e. The number of para-hydroxylation sites is 1. The molecule has 0 radical (unpaired) electrons. The van der Waals surface area contributed by atoms with Crippen LogP contribution in [0, 0.1) is 10.1 Å². The van der Waals surface area contributed by atoms with Crippen molar-refractivity contribution in [3.05, 3.63) is 104 Å². The van der Waals surface area contributed by atoms with Crippen LogP contribution in [-0.2, 0) is 19.4 Å². The molecule has 0 spiro atoms. The van der Waals surface area contributed by atoms with Crippen LogP contribution in [-0.4, -0.2) is 17.0 Å². The molecule has 4 aromatic rings. The Bertz CT molecular complexity index is 1410. The summed E-state index contributed by atoms with van der Waals surface area (Å²) < 4.78 is 5.84. The molecule has 0 atom stereocenters. The second-order valence-corrected chi connectivity index (χ2v) is 9.38. The van der Waals surface area contributed by atoms with Crippen LogP contribution in [0.15, 0.2) is 76.1 Å².